The number of nitrogens with one attached hydrogen (secondary N) is 1. The normalized spacial score (nSPS) is 20.7. The average Bonchev–Trinajstić information content (AvgIpc) is 2.44. The third kappa shape index (κ3) is 5.41. The number of unbranched alkanes of at least 4 members (excludes halogenated alkanes) is 1. The predicted octanol–water partition coefficient (Wildman–Crippen LogP) is 2.90. The van der Waals surface area contributed by atoms with Crippen LogP contribution in [-0.4, -0.2) is 50.8 Å². The molecule has 3 nitrogen and oxygen atoms in total. The molecule has 1 atom stereocenters. The Balaban J connectivity index is 2.65. The Labute approximate surface area is 120 Å². The predicted molar refractivity (Wildman–Crippen MR) is 82.6 cm³/mol. The van der Waals surface area contributed by atoms with Crippen LogP contribution in [0.15, 0.2) is 0 Å². The van der Waals surface area contributed by atoms with Crippen LogP contribution in [0.4, 0.5) is 0 Å². The third-order valence-corrected chi connectivity index (χ3v) is 4.67. The van der Waals surface area contributed by atoms with E-state index in [1.807, 2.05) is 7.11 Å². The van der Waals surface area contributed by atoms with Gasteiger partial charge in [0.2, 0.25) is 0 Å². The lowest BCUT2D eigenvalue weighted by atomic mass is 9.78. The van der Waals surface area contributed by atoms with Gasteiger partial charge in [0.15, 0.2) is 0 Å². The number of nitrogens with zero attached hydrogens (tertiary/aromatic N) is 1. The van der Waals surface area contributed by atoms with Crippen LogP contribution >= 0.6 is 0 Å². The van der Waals surface area contributed by atoms with Crippen LogP contribution in [0.3, 0.4) is 0 Å². The van der Waals surface area contributed by atoms with Crippen molar-refractivity contribution in [2.75, 3.05) is 39.9 Å². The summed E-state index contributed by atoms with van der Waals surface area (Å²) in [7, 11) is 1.85. The van der Waals surface area contributed by atoms with E-state index in [1.54, 1.807) is 0 Å². The standard InChI is InChI=1S/C16H34N2O/c1-5-7-12-18(15(3)6-2)13-16(14-19-4)8-10-17-11-9-16/h15,17H,5-14H2,1-4H3. The Hall–Kier alpha value is -0.120. The molecule has 0 aliphatic carbocycles. The molecule has 0 saturated carbocycles. The number of piperidine rings is 1. The van der Waals surface area contributed by atoms with Crippen LogP contribution in [0.25, 0.3) is 0 Å². The van der Waals surface area contributed by atoms with E-state index < -0.39 is 0 Å². The molecule has 1 aliphatic heterocycles. The highest BCUT2D eigenvalue weighted by Gasteiger charge is 2.34. The molecule has 1 N–H and O–H groups in total. The molecular formula is C16H34N2O. The molecule has 1 saturated heterocycles. The zero-order valence-corrected chi connectivity index (χ0v) is 13.5. The van der Waals surface area contributed by atoms with Gasteiger partial charge in [0.25, 0.3) is 0 Å². The molecule has 0 amide bonds. The summed E-state index contributed by atoms with van der Waals surface area (Å²) in [6.45, 7) is 12.6. The van der Waals surface area contributed by atoms with Crippen LogP contribution in [0.2, 0.25) is 0 Å². The molecule has 0 spiro atoms. The minimum absolute atomic E-state index is 0.372. The lowest BCUT2D eigenvalue weighted by Gasteiger charge is -2.43. The number of ether oxygens (including phenoxy) is 1. The summed E-state index contributed by atoms with van der Waals surface area (Å²) in [6, 6.07) is 0.690. The van der Waals surface area contributed by atoms with Gasteiger partial charge in [-0.2, -0.15) is 0 Å². The van der Waals surface area contributed by atoms with Crippen molar-refractivity contribution in [3.05, 3.63) is 0 Å². The summed E-state index contributed by atoms with van der Waals surface area (Å²) < 4.78 is 5.55. The Kier molecular flexibility index (Phi) is 7.96. The fraction of sp³-hybridized carbons (Fsp3) is 1.00. The van der Waals surface area contributed by atoms with Crippen molar-refractivity contribution in [3.8, 4) is 0 Å². The van der Waals surface area contributed by atoms with E-state index in [-0.39, 0.29) is 0 Å². The van der Waals surface area contributed by atoms with Crippen molar-refractivity contribution in [1.82, 2.24) is 10.2 Å². The maximum atomic E-state index is 5.55. The molecule has 1 aliphatic rings. The molecule has 1 heterocycles. The molecule has 1 unspecified atom stereocenters. The molecule has 0 bridgehead atoms. The highest BCUT2D eigenvalue weighted by molar-refractivity contribution is 4.88. The Morgan fingerprint density at radius 2 is 1.95 bits per heavy atom. The first-order valence-electron chi connectivity index (χ1n) is 8.11. The van der Waals surface area contributed by atoms with Crippen molar-refractivity contribution in [1.29, 1.82) is 0 Å². The van der Waals surface area contributed by atoms with Crippen molar-refractivity contribution in [3.63, 3.8) is 0 Å². The second kappa shape index (κ2) is 8.93. The van der Waals surface area contributed by atoms with Crippen LogP contribution in [0.5, 0.6) is 0 Å². The molecular weight excluding hydrogens is 236 g/mol. The van der Waals surface area contributed by atoms with Crippen LogP contribution in [0, 0.1) is 5.41 Å². The van der Waals surface area contributed by atoms with Gasteiger partial charge in [-0.05, 0) is 52.2 Å². The van der Waals surface area contributed by atoms with E-state index in [0.717, 1.165) is 19.7 Å². The van der Waals surface area contributed by atoms with E-state index in [2.05, 4.69) is 31.0 Å². The molecule has 0 aromatic heterocycles. The van der Waals surface area contributed by atoms with E-state index in [1.165, 1.54) is 45.2 Å². The van der Waals surface area contributed by atoms with E-state index in [4.69, 9.17) is 4.74 Å². The summed E-state index contributed by atoms with van der Waals surface area (Å²) >= 11 is 0. The molecule has 114 valence electrons. The summed E-state index contributed by atoms with van der Waals surface area (Å²) in [6.07, 6.45) is 6.34. The summed E-state index contributed by atoms with van der Waals surface area (Å²) in [5, 5.41) is 3.48. The van der Waals surface area contributed by atoms with Gasteiger partial charge in [0, 0.05) is 25.1 Å². The van der Waals surface area contributed by atoms with Gasteiger partial charge in [-0.25, -0.2) is 0 Å². The monoisotopic (exact) mass is 270 g/mol. The van der Waals surface area contributed by atoms with Crippen molar-refractivity contribution in [2.24, 2.45) is 5.41 Å². The quantitative estimate of drug-likeness (QED) is 0.697. The number of hydrogen-bond acceptors (Lipinski definition) is 3. The summed E-state index contributed by atoms with van der Waals surface area (Å²) in [5.41, 5.74) is 0.372. The Morgan fingerprint density at radius 3 is 2.47 bits per heavy atom. The van der Waals surface area contributed by atoms with E-state index >= 15 is 0 Å². The highest BCUT2D eigenvalue weighted by Crippen LogP contribution is 2.31. The second-order valence-corrected chi connectivity index (χ2v) is 6.26. The first-order chi connectivity index (χ1) is 9.17. The van der Waals surface area contributed by atoms with Crippen LogP contribution < -0.4 is 5.32 Å². The molecule has 3 heteroatoms. The smallest absolute Gasteiger partial charge is 0.0531 e. The topological polar surface area (TPSA) is 24.5 Å². The van der Waals surface area contributed by atoms with Crippen molar-refractivity contribution < 1.29 is 4.74 Å². The van der Waals surface area contributed by atoms with Crippen LogP contribution in [0.1, 0.15) is 52.9 Å². The number of hydrogen-bond donors (Lipinski definition) is 1. The average molecular weight is 270 g/mol. The maximum absolute atomic E-state index is 5.55. The minimum atomic E-state index is 0.372. The third-order valence-electron chi connectivity index (χ3n) is 4.67. The molecule has 0 aromatic carbocycles. The zero-order chi connectivity index (χ0) is 14.1. The van der Waals surface area contributed by atoms with E-state index in [9.17, 15) is 0 Å². The molecule has 1 fully saturated rings. The SMILES string of the molecule is CCCCN(CC1(COC)CCNCC1)C(C)CC. The Bertz CT molecular complexity index is 221. The molecule has 19 heavy (non-hydrogen) atoms. The van der Waals surface area contributed by atoms with Gasteiger partial charge < -0.3 is 15.0 Å². The van der Waals surface area contributed by atoms with Crippen molar-refractivity contribution >= 4 is 0 Å². The maximum Gasteiger partial charge on any atom is 0.0531 e. The molecule has 0 aromatic rings. The molecule has 1 rings (SSSR count). The van der Waals surface area contributed by atoms with Gasteiger partial charge in [-0.15, -0.1) is 0 Å². The molecule has 0 radical (unpaired) electrons. The number of methoxy groups -OCH3 is 1. The first-order valence-corrected chi connectivity index (χ1v) is 8.11. The number of rotatable bonds is 9. The Morgan fingerprint density at radius 1 is 1.26 bits per heavy atom. The zero-order valence-electron chi connectivity index (χ0n) is 13.5. The van der Waals surface area contributed by atoms with Gasteiger partial charge in [-0.1, -0.05) is 20.3 Å². The van der Waals surface area contributed by atoms with Gasteiger partial charge in [0.05, 0.1) is 6.61 Å². The lowest BCUT2D eigenvalue weighted by molar-refractivity contribution is 0.0114. The largest absolute Gasteiger partial charge is 0.384 e. The fourth-order valence-corrected chi connectivity index (χ4v) is 3.12. The van der Waals surface area contributed by atoms with Gasteiger partial charge in [-0.3, -0.25) is 0 Å². The van der Waals surface area contributed by atoms with E-state index in [0.29, 0.717) is 11.5 Å². The summed E-state index contributed by atoms with van der Waals surface area (Å²) in [4.78, 5) is 2.70. The van der Waals surface area contributed by atoms with Crippen LogP contribution in [-0.2, 0) is 4.74 Å². The summed E-state index contributed by atoms with van der Waals surface area (Å²) in [5.74, 6) is 0. The lowest BCUT2D eigenvalue weighted by Crippen LogP contribution is -2.49. The second-order valence-electron chi connectivity index (χ2n) is 6.26. The van der Waals surface area contributed by atoms with Gasteiger partial charge in [0.1, 0.15) is 0 Å². The minimum Gasteiger partial charge on any atom is -0.384 e. The van der Waals surface area contributed by atoms with Crippen molar-refractivity contribution in [2.45, 2.75) is 58.9 Å². The first kappa shape index (κ1) is 16.9. The fourth-order valence-electron chi connectivity index (χ4n) is 3.12. The van der Waals surface area contributed by atoms with Gasteiger partial charge >= 0.3 is 0 Å². The highest BCUT2D eigenvalue weighted by atomic mass is 16.5.